The Kier molecular flexibility index (Phi) is 16.4. The van der Waals surface area contributed by atoms with Gasteiger partial charge in [0, 0.05) is 37.5 Å². The van der Waals surface area contributed by atoms with E-state index in [1.807, 2.05) is 0 Å². The topological polar surface area (TPSA) is 177 Å². The van der Waals surface area contributed by atoms with Crippen molar-refractivity contribution < 1.29 is 62.9 Å². The predicted octanol–water partition coefficient (Wildman–Crippen LogP) is 3.41. The number of carbonyl (C=O) groups excluding carboxylic acids is 3. The first kappa shape index (κ1) is 40.0. The Bertz CT molecular complexity index is 1090. The summed E-state index contributed by atoms with van der Waals surface area (Å²) >= 11 is 0. The number of ether oxygens (including phenoxy) is 7. The number of fused-ring (bicyclic) bond motifs is 4. The van der Waals surface area contributed by atoms with E-state index in [1.165, 1.54) is 13.2 Å². The average Bonchev–Trinajstić information content (AvgIpc) is 3.04. The van der Waals surface area contributed by atoms with Gasteiger partial charge in [0.25, 0.3) is 0 Å². The Morgan fingerprint density at radius 1 is 1.04 bits per heavy atom. The van der Waals surface area contributed by atoms with E-state index in [4.69, 9.17) is 33.2 Å². The number of aliphatic hydroxyl groups excluding tert-OH is 2. The highest BCUT2D eigenvalue weighted by Gasteiger charge is 2.57. The van der Waals surface area contributed by atoms with Crippen molar-refractivity contribution in [2.45, 2.75) is 140 Å². The average molecular weight is 685 g/mol. The lowest BCUT2D eigenvalue weighted by Gasteiger charge is -2.51. The molecule has 13 heteroatoms. The fourth-order valence-electron chi connectivity index (χ4n) is 6.05. The highest BCUT2D eigenvalue weighted by molar-refractivity contribution is 5.83. The number of hydrogen-bond donors (Lipinski definition) is 3. The van der Waals surface area contributed by atoms with Crippen LogP contribution >= 0.6 is 0 Å². The summed E-state index contributed by atoms with van der Waals surface area (Å²) in [5.74, 6) is -4.24. The smallest absolute Gasteiger partial charge is 0.330 e. The lowest BCUT2D eigenvalue weighted by Crippen LogP contribution is -2.62. The second-order valence-corrected chi connectivity index (χ2v) is 13.4. The molecule has 0 aromatic heterocycles. The molecule has 0 aromatic carbocycles. The first-order valence-corrected chi connectivity index (χ1v) is 17.3. The SMILES string of the molecule is CCCCCCCC(=O)O[C@H]1/C(=C/C(=O)OC)CC2C[C@H](CO)OC(=O)C[C@H](O)CCOCC[C@@H]3CCO[C@H](/C=C/C(C)(C)[C@]1(O)O2)O3. The Morgan fingerprint density at radius 3 is 2.50 bits per heavy atom. The molecule has 3 N–H and O–H groups in total. The van der Waals surface area contributed by atoms with Crippen molar-refractivity contribution in [1.82, 2.24) is 0 Å². The van der Waals surface area contributed by atoms with Crippen molar-refractivity contribution in [3.05, 3.63) is 23.8 Å². The van der Waals surface area contributed by atoms with Crippen LogP contribution < -0.4 is 0 Å². The van der Waals surface area contributed by atoms with E-state index in [-0.39, 0.29) is 50.4 Å². The molecule has 13 nitrogen and oxygen atoms in total. The molecule has 0 amide bonds. The van der Waals surface area contributed by atoms with E-state index in [2.05, 4.69) is 6.92 Å². The van der Waals surface area contributed by atoms with Crippen molar-refractivity contribution in [3.8, 4) is 0 Å². The zero-order valence-corrected chi connectivity index (χ0v) is 28.9. The second-order valence-electron chi connectivity index (χ2n) is 13.4. The first-order chi connectivity index (χ1) is 22.9. The van der Waals surface area contributed by atoms with E-state index in [9.17, 15) is 29.7 Å². The van der Waals surface area contributed by atoms with Crippen LogP contribution in [0, 0.1) is 5.41 Å². The Labute approximate surface area is 283 Å². The molecule has 1 unspecified atom stereocenters. The molecule has 274 valence electrons. The summed E-state index contributed by atoms with van der Waals surface area (Å²) < 4.78 is 40.3. The monoisotopic (exact) mass is 684 g/mol. The van der Waals surface area contributed by atoms with Crippen molar-refractivity contribution >= 4 is 17.9 Å². The molecular formula is C35H56O13. The summed E-state index contributed by atoms with van der Waals surface area (Å²) in [6.45, 7) is 6.00. The van der Waals surface area contributed by atoms with Crippen LogP contribution in [0.25, 0.3) is 0 Å². The lowest BCUT2D eigenvalue weighted by molar-refractivity contribution is -0.327. The zero-order chi connectivity index (χ0) is 35.2. The number of carbonyl (C=O) groups is 3. The molecule has 0 spiro atoms. The van der Waals surface area contributed by atoms with Crippen LogP contribution in [-0.2, 0) is 47.5 Å². The van der Waals surface area contributed by atoms with Gasteiger partial charge in [0.2, 0.25) is 5.79 Å². The zero-order valence-electron chi connectivity index (χ0n) is 28.9. The number of aliphatic hydroxyl groups is 3. The quantitative estimate of drug-likeness (QED) is 0.106. The maximum Gasteiger partial charge on any atom is 0.330 e. The summed E-state index contributed by atoms with van der Waals surface area (Å²) in [4.78, 5) is 38.4. The van der Waals surface area contributed by atoms with Crippen molar-refractivity contribution in [1.29, 1.82) is 0 Å². The van der Waals surface area contributed by atoms with Gasteiger partial charge >= 0.3 is 17.9 Å². The molecule has 0 radical (unpaired) electrons. The molecule has 2 saturated heterocycles. The van der Waals surface area contributed by atoms with Crippen LogP contribution in [0.1, 0.15) is 97.8 Å². The maximum atomic E-state index is 13.2. The Hall–Kier alpha value is -2.39. The van der Waals surface area contributed by atoms with Gasteiger partial charge < -0.3 is 48.5 Å². The maximum absolute atomic E-state index is 13.2. The van der Waals surface area contributed by atoms with Crippen LogP contribution in [0.5, 0.6) is 0 Å². The first-order valence-electron chi connectivity index (χ1n) is 17.3. The van der Waals surface area contributed by atoms with Crippen molar-refractivity contribution in [2.24, 2.45) is 5.41 Å². The molecule has 7 atom stereocenters. The second kappa shape index (κ2) is 19.7. The molecule has 48 heavy (non-hydrogen) atoms. The molecule has 2 fully saturated rings. The van der Waals surface area contributed by atoms with E-state index < -0.39 is 66.4 Å². The van der Waals surface area contributed by atoms with E-state index in [0.717, 1.165) is 25.7 Å². The Balaban J connectivity index is 1.99. The van der Waals surface area contributed by atoms with Crippen molar-refractivity contribution in [2.75, 3.05) is 33.5 Å². The number of hydrogen-bond acceptors (Lipinski definition) is 13. The van der Waals surface area contributed by atoms with Gasteiger partial charge in [-0.2, -0.15) is 0 Å². The molecule has 3 heterocycles. The fourth-order valence-corrected chi connectivity index (χ4v) is 6.05. The van der Waals surface area contributed by atoms with Gasteiger partial charge in [0.15, 0.2) is 12.4 Å². The summed E-state index contributed by atoms with van der Waals surface area (Å²) in [5, 5.41) is 33.0. The van der Waals surface area contributed by atoms with Crippen LogP contribution in [0.4, 0.5) is 0 Å². The fraction of sp³-hybridized carbons (Fsp3) is 0.800. The third-order valence-corrected chi connectivity index (χ3v) is 8.99. The predicted molar refractivity (Wildman–Crippen MR) is 172 cm³/mol. The number of methoxy groups -OCH3 is 1. The van der Waals surface area contributed by atoms with Gasteiger partial charge in [-0.1, -0.05) is 52.5 Å². The minimum Gasteiger partial charge on any atom is -0.466 e. The number of unbranched alkanes of at least 4 members (excludes halogenated alkanes) is 4. The van der Waals surface area contributed by atoms with Gasteiger partial charge in [-0.25, -0.2) is 4.79 Å². The molecule has 3 aliphatic rings. The van der Waals surface area contributed by atoms with Gasteiger partial charge in [-0.05, 0) is 43.8 Å². The minimum atomic E-state index is -2.24. The molecule has 4 bridgehead atoms. The van der Waals surface area contributed by atoms with Gasteiger partial charge in [-0.15, -0.1) is 0 Å². The van der Waals surface area contributed by atoms with Crippen LogP contribution in [0.2, 0.25) is 0 Å². The summed E-state index contributed by atoms with van der Waals surface area (Å²) in [7, 11) is 1.21. The van der Waals surface area contributed by atoms with Gasteiger partial charge in [0.05, 0.1) is 45.1 Å². The largest absolute Gasteiger partial charge is 0.466 e. The van der Waals surface area contributed by atoms with Crippen LogP contribution in [0.15, 0.2) is 23.8 Å². The minimum absolute atomic E-state index is 0.00378. The van der Waals surface area contributed by atoms with Crippen LogP contribution in [0.3, 0.4) is 0 Å². The van der Waals surface area contributed by atoms with E-state index >= 15 is 0 Å². The van der Waals surface area contributed by atoms with Crippen molar-refractivity contribution in [3.63, 3.8) is 0 Å². The third kappa shape index (κ3) is 12.2. The summed E-state index contributed by atoms with van der Waals surface area (Å²) in [5.41, 5.74) is -1.04. The highest BCUT2D eigenvalue weighted by atomic mass is 16.7. The number of rotatable bonds is 9. The van der Waals surface area contributed by atoms with E-state index in [0.29, 0.717) is 32.5 Å². The molecular weight excluding hydrogens is 628 g/mol. The van der Waals surface area contributed by atoms with Gasteiger partial charge in [-0.3, -0.25) is 9.59 Å². The molecule has 3 aliphatic heterocycles. The van der Waals surface area contributed by atoms with E-state index in [1.54, 1.807) is 26.0 Å². The Morgan fingerprint density at radius 2 is 1.77 bits per heavy atom. The van der Waals surface area contributed by atoms with Crippen LogP contribution in [-0.4, -0.2) is 109 Å². The molecule has 3 rings (SSSR count). The van der Waals surface area contributed by atoms with Gasteiger partial charge in [0.1, 0.15) is 6.10 Å². The lowest BCUT2D eigenvalue weighted by atomic mass is 9.74. The standard InChI is InChI=1S/C35H56O13/c1-5-6-7-8-9-10-29(38)47-33-24(20-30(39)42-4)19-27-22-28(23-36)45-31(40)21-25(37)12-16-43-17-13-26-14-18-44-32(46-26)11-15-34(2,3)35(33,41)48-27/h11,15,20,25-28,32-33,36-37,41H,5-10,12-14,16-19,21-23H2,1-4H3/b15-11+,24-20+/t25-,26-,27?,28-,32+,33+,35-/m1/s1. The highest BCUT2D eigenvalue weighted by Crippen LogP contribution is 2.46. The number of esters is 3. The third-order valence-electron chi connectivity index (χ3n) is 8.99. The summed E-state index contributed by atoms with van der Waals surface area (Å²) in [6.07, 6.45) is 5.02. The number of cyclic esters (lactones) is 1. The molecule has 0 aliphatic carbocycles. The normalized spacial score (nSPS) is 33.6. The molecule has 0 saturated carbocycles. The summed E-state index contributed by atoms with van der Waals surface area (Å²) in [6, 6.07) is 0. The molecule has 0 aromatic rings.